The van der Waals surface area contributed by atoms with E-state index in [1.54, 1.807) is 23.6 Å². The topological polar surface area (TPSA) is 82.1 Å². The first kappa shape index (κ1) is 18.2. The van der Waals surface area contributed by atoms with Gasteiger partial charge in [-0.05, 0) is 25.0 Å². The minimum atomic E-state index is -1.16. The summed E-state index contributed by atoms with van der Waals surface area (Å²) in [7, 11) is 0. The number of anilines is 1. The Morgan fingerprint density at radius 1 is 1.16 bits per heavy atom. The van der Waals surface area contributed by atoms with Gasteiger partial charge in [-0.25, -0.2) is 4.98 Å². The molecule has 1 aromatic carbocycles. The van der Waals surface area contributed by atoms with Gasteiger partial charge in [0.05, 0.1) is 15.7 Å². The zero-order chi connectivity index (χ0) is 18.0. The summed E-state index contributed by atoms with van der Waals surface area (Å²) in [6.07, 6.45) is 2.68. The SMILES string of the molecule is O=C([O-])[C@H]1CCCC[C@@H]1C(=O)Nc1nc(-c2ccc(Cl)c(Cl)c2)cs1. The highest BCUT2D eigenvalue weighted by Gasteiger charge is 2.32. The molecule has 25 heavy (non-hydrogen) atoms. The standard InChI is InChI=1S/C17H16Cl2N2O3S/c18-12-6-5-9(7-13(12)19)14-8-25-17(20-14)21-15(22)10-3-1-2-4-11(10)16(23)24/h5-8,10-11H,1-4H2,(H,23,24)(H,20,21,22)/p-1/t10-,11-/m0/s1. The number of nitrogens with one attached hydrogen (secondary N) is 1. The summed E-state index contributed by atoms with van der Waals surface area (Å²) < 4.78 is 0. The van der Waals surface area contributed by atoms with Crippen molar-refractivity contribution >= 4 is 51.5 Å². The number of thiazole rings is 1. The summed E-state index contributed by atoms with van der Waals surface area (Å²) in [6.45, 7) is 0. The van der Waals surface area contributed by atoms with E-state index < -0.39 is 17.8 Å². The van der Waals surface area contributed by atoms with E-state index in [1.807, 2.05) is 0 Å². The van der Waals surface area contributed by atoms with E-state index in [2.05, 4.69) is 10.3 Å². The summed E-state index contributed by atoms with van der Waals surface area (Å²) in [6, 6.07) is 5.18. The molecule has 1 fully saturated rings. The maximum Gasteiger partial charge on any atom is 0.229 e. The Hall–Kier alpha value is -1.63. The Balaban J connectivity index is 1.73. The van der Waals surface area contributed by atoms with E-state index >= 15 is 0 Å². The molecule has 0 saturated heterocycles. The van der Waals surface area contributed by atoms with Gasteiger partial charge in [0.1, 0.15) is 0 Å². The van der Waals surface area contributed by atoms with E-state index in [1.165, 1.54) is 11.3 Å². The first-order valence-electron chi connectivity index (χ1n) is 7.88. The molecule has 0 spiro atoms. The molecule has 3 rings (SSSR count). The Kier molecular flexibility index (Phi) is 5.61. The second kappa shape index (κ2) is 7.72. The predicted octanol–water partition coefficient (Wildman–Crippen LogP) is 3.61. The van der Waals surface area contributed by atoms with Crippen molar-refractivity contribution in [3.63, 3.8) is 0 Å². The van der Waals surface area contributed by atoms with Crippen molar-refractivity contribution in [2.75, 3.05) is 5.32 Å². The van der Waals surface area contributed by atoms with Crippen molar-refractivity contribution in [2.24, 2.45) is 11.8 Å². The number of aromatic nitrogens is 1. The molecule has 1 aliphatic rings. The third-order valence-electron chi connectivity index (χ3n) is 4.36. The van der Waals surface area contributed by atoms with Crippen molar-refractivity contribution in [2.45, 2.75) is 25.7 Å². The number of benzene rings is 1. The van der Waals surface area contributed by atoms with Crippen LogP contribution in [0.15, 0.2) is 23.6 Å². The molecule has 0 aliphatic heterocycles. The predicted molar refractivity (Wildman–Crippen MR) is 96.7 cm³/mol. The fraction of sp³-hybridized carbons (Fsp3) is 0.353. The fourth-order valence-electron chi connectivity index (χ4n) is 3.04. The largest absolute Gasteiger partial charge is 0.550 e. The number of carbonyl (C=O) groups is 2. The fourth-order valence-corrected chi connectivity index (χ4v) is 4.06. The average molecular weight is 398 g/mol. The van der Waals surface area contributed by atoms with Crippen LogP contribution in [0.3, 0.4) is 0 Å². The van der Waals surface area contributed by atoms with E-state index in [0.29, 0.717) is 33.7 Å². The molecule has 0 unspecified atom stereocenters. The van der Waals surface area contributed by atoms with Gasteiger partial charge in [-0.1, -0.05) is 42.1 Å². The van der Waals surface area contributed by atoms with Crippen LogP contribution in [-0.2, 0) is 9.59 Å². The number of aliphatic carboxylic acids is 1. The highest BCUT2D eigenvalue weighted by molar-refractivity contribution is 7.14. The maximum atomic E-state index is 12.5. The van der Waals surface area contributed by atoms with E-state index in [-0.39, 0.29) is 5.91 Å². The van der Waals surface area contributed by atoms with Crippen LogP contribution in [0.2, 0.25) is 10.0 Å². The molecule has 132 valence electrons. The molecule has 1 saturated carbocycles. The third-order valence-corrected chi connectivity index (χ3v) is 5.85. The average Bonchev–Trinajstić information content (AvgIpc) is 3.05. The summed E-state index contributed by atoms with van der Waals surface area (Å²) in [5.41, 5.74) is 1.45. The first-order valence-corrected chi connectivity index (χ1v) is 9.52. The van der Waals surface area contributed by atoms with Crippen LogP contribution in [0, 0.1) is 11.8 Å². The summed E-state index contributed by atoms with van der Waals surface area (Å²) >= 11 is 13.2. The molecule has 0 bridgehead atoms. The molecule has 8 heteroatoms. The number of hydrogen-bond donors (Lipinski definition) is 1. The van der Waals surface area contributed by atoms with Crippen LogP contribution in [0.5, 0.6) is 0 Å². The molecular formula is C17H15Cl2N2O3S-. The molecule has 1 N–H and O–H groups in total. The Morgan fingerprint density at radius 2 is 1.88 bits per heavy atom. The maximum absolute atomic E-state index is 12.5. The normalized spacial score (nSPS) is 20.2. The van der Waals surface area contributed by atoms with E-state index in [4.69, 9.17) is 23.2 Å². The molecule has 2 atom stereocenters. The van der Waals surface area contributed by atoms with Gasteiger partial charge in [0.15, 0.2) is 5.13 Å². The molecular weight excluding hydrogens is 383 g/mol. The van der Waals surface area contributed by atoms with Crippen molar-refractivity contribution in [3.05, 3.63) is 33.6 Å². The molecule has 0 radical (unpaired) electrons. The zero-order valence-corrected chi connectivity index (χ0v) is 15.5. The molecule has 5 nitrogen and oxygen atoms in total. The quantitative estimate of drug-likeness (QED) is 0.853. The Bertz CT molecular complexity index is 809. The monoisotopic (exact) mass is 397 g/mol. The van der Waals surface area contributed by atoms with Crippen molar-refractivity contribution in [3.8, 4) is 11.3 Å². The lowest BCUT2D eigenvalue weighted by atomic mass is 9.79. The lowest BCUT2D eigenvalue weighted by Gasteiger charge is -2.30. The highest BCUT2D eigenvalue weighted by Crippen LogP contribution is 2.33. The Labute approximate surface area is 159 Å². The zero-order valence-electron chi connectivity index (χ0n) is 13.1. The number of carboxylic acid groups (broad SMARTS) is 1. The van der Waals surface area contributed by atoms with Gasteiger partial charge < -0.3 is 15.2 Å². The molecule has 1 aliphatic carbocycles. The summed E-state index contributed by atoms with van der Waals surface area (Å²) in [5, 5.41) is 17.1. The first-order chi connectivity index (χ1) is 12.0. The van der Waals surface area contributed by atoms with Crippen LogP contribution in [-0.4, -0.2) is 16.9 Å². The van der Waals surface area contributed by atoms with Crippen LogP contribution in [0.1, 0.15) is 25.7 Å². The van der Waals surface area contributed by atoms with Crippen LogP contribution in [0.25, 0.3) is 11.3 Å². The van der Waals surface area contributed by atoms with E-state index in [0.717, 1.165) is 18.4 Å². The van der Waals surface area contributed by atoms with Crippen LogP contribution in [0.4, 0.5) is 5.13 Å². The number of rotatable bonds is 4. The lowest BCUT2D eigenvalue weighted by molar-refractivity contribution is -0.313. The smallest absolute Gasteiger partial charge is 0.229 e. The summed E-state index contributed by atoms with van der Waals surface area (Å²) in [5.74, 6) is -2.78. The molecule has 1 heterocycles. The summed E-state index contributed by atoms with van der Waals surface area (Å²) in [4.78, 5) is 28.1. The van der Waals surface area contributed by atoms with Gasteiger partial charge in [-0.2, -0.15) is 0 Å². The van der Waals surface area contributed by atoms with Crippen LogP contribution >= 0.6 is 34.5 Å². The number of nitrogens with zero attached hydrogens (tertiary/aromatic N) is 1. The van der Waals surface area contributed by atoms with E-state index in [9.17, 15) is 14.7 Å². The number of carbonyl (C=O) groups excluding carboxylic acids is 2. The third kappa shape index (κ3) is 4.14. The van der Waals surface area contributed by atoms with Gasteiger partial charge in [0.25, 0.3) is 0 Å². The Morgan fingerprint density at radius 3 is 2.56 bits per heavy atom. The highest BCUT2D eigenvalue weighted by atomic mass is 35.5. The van der Waals surface area contributed by atoms with Crippen molar-refractivity contribution < 1.29 is 14.7 Å². The van der Waals surface area contributed by atoms with Crippen molar-refractivity contribution in [1.29, 1.82) is 0 Å². The minimum absolute atomic E-state index is 0.316. The second-order valence-corrected chi connectivity index (χ2v) is 7.65. The second-order valence-electron chi connectivity index (χ2n) is 5.97. The van der Waals surface area contributed by atoms with Crippen LogP contribution < -0.4 is 10.4 Å². The van der Waals surface area contributed by atoms with Gasteiger partial charge in [-0.3, -0.25) is 4.79 Å². The van der Waals surface area contributed by atoms with Crippen molar-refractivity contribution in [1.82, 2.24) is 4.98 Å². The molecule has 1 aromatic heterocycles. The number of halogens is 2. The van der Waals surface area contributed by atoms with Gasteiger partial charge in [0, 0.05) is 28.7 Å². The number of hydrogen-bond acceptors (Lipinski definition) is 5. The number of amides is 1. The van der Waals surface area contributed by atoms with Gasteiger partial charge in [-0.15, -0.1) is 11.3 Å². The minimum Gasteiger partial charge on any atom is -0.550 e. The van der Waals surface area contributed by atoms with Gasteiger partial charge >= 0.3 is 0 Å². The molecule has 1 amide bonds. The van der Waals surface area contributed by atoms with Gasteiger partial charge in [0.2, 0.25) is 5.91 Å². The lowest BCUT2D eigenvalue weighted by Crippen LogP contribution is -2.42. The molecule has 2 aromatic rings. The number of carboxylic acids is 1.